The van der Waals surface area contributed by atoms with Crippen molar-refractivity contribution in [1.29, 1.82) is 0 Å². The smallest absolute Gasteiger partial charge is 0.378 e. The van der Waals surface area contributed by atoms with Crippen molar-refractivity contribution in [2.75, 3.05) is 18.1 Å². The average Bonchev–Trinajstić information content (AvgIpc) is 2.52. The minimum Gasteiger partial charge on any atom is -0.378 e. The van der Waals surface area contributed by atoms with Gasteiger partial charge in [0.15, 0.2) is 0 Å². The first-order valence-corrected chi connectivity index (χ1v) is 7.45. The van der Waals surface area contributed by atoms with Crippen LogP contribution >= 0.6 is 0 Å². The standard InChI is InChI=1S/C16H20F3NO2/c1-2-14-10-12(8-9-22-14)15(21)20(11-16(17,18)19)13-6-4-3-5-7-13/h3-7,12,14H,2,8-11H2,1H3/t12-,14+/m0/s1. The zero-order chi connectivity index (χ0) is 16.2. The third-order valence-corrected chi connectivity index (χ3v) is 3.84. The summed E-state index contributed by atoms with van der Waals surface area (Å²) in [5, 5.41) is 0. The molecule has 0 saturated carbocycles. The molecule has 2 rings (SSSR count). The minimum atomic E-state index is -4.43. The number of ether oxygens (including phenoxy) is 1. The summed E-state index contributed by atoms with van der Waals surface area (Å²) in [6.07, 6.45) is -2.77. The van der Waals surface area contributed by atoms with Crippen molar-refractivity contribution in [3.8, 4) is 0 Å². The molecule has 6 heteroatoms. The van der Waals surface area contributed by atoms with E-state index >= 15 is 0 Å². The van der Waals surface area contributed by atoms with Crippen LogP contribution in [0, 0.1) is 5.92 Å². The normalized spacial score (nSPS) is 22.4. The van der Waals surface area contributed by atoms with Crippen LogP contribution in [0.2, 0.25) is 0 Å². The molecule has 1 amide bonds. The highest BCUT2D eigenvalue weighted by molar-refractivity contribution is 5.95. The highest BCUT2D eigenvalue weighted by atomic mass is 19.4. The third-order valence-electron chi connectivity index (χ3n) is 3.84. The van der Waals surface area contributed by atoms with Crippen LogP contribution in [0.4, 0.5) is 18.9 Å². The van der Waals surface area contributed by atoms with E-state index in [1.807, 2.05) is 6.92 Å². The molecule has 0 spiro atoms. The van der Waals surface area contributed by atoms with Gasteiger partial charge >= 0.3 is 6.18 Å². The van der Waals surface area contributed by atoms with Crippen LogP contribution in [0.5, 0.6) is 0 Å². The predicted octanol–water partition coefficient (Wildman–Crippen LogP) is 3.79. The van der Waals surface area contributed by atoms with Crippen molar-refractivity contribution in [3.63, 3.8) is 0 Å². The zero-order valence-electron chi connectivity index (χ0n) is 12.5. The van der Waals surface area contributed by atoms with Gasteiger partial charge in [-0.05, 0) is 31.4 Å². The summed E-state index contributed by atoms with van der Waals surface area (Å²) in [5.41, 5.74) is 0.282. The molecule has 1 aromatic carbocycles. The Morgan fingerprint density at radius 2 is 2.00 bits per heavy atom. The van der Waals surface area contributed by atoms with E-state index in [-0.39, 0.29) is 11.8 Å². The van der Waals surface area contributed by atoms with Crippen LogP contribution in [0.1, 0.15) is 26.2 Å². The Kier molecular flexibility index (Phi) is 5.45. The second kappa shape index (κ2) is 7.13. The van der Waals surface area contributed by atoms with Gasteiger partial charge in [-0.15, -0.1) is 0 Å². The van der Waals surface area contributed by atoms with Crippen LogP contribution in [0.25, 0.3) is 0 Å². The number of carbonyl (C=O) groups excluding carboxylic acids is 1. The maximum absolute atomic E-state index is 12.8. The zero-order valence-corrected chi connectivity index (χ0v) is 12.5. The van der Waals surface area contributed by atoms with Gasteiger partial charge in [-0.3, -0.25) is 4.79 Å². The van der Waals surface area contributed by atoms with Crippen molar-refractivity contribution < 1.29 is 22.7 Å². The number of carbonyl (C=O) groups is 1. The van der Waals surface area contributed by atoms with Crippen molar-refractivity contribution in [1.82, 2.24) is 0 Å². The molecule has 0 N–H and O–H groups in total. The molecule has 1 fully saturated rings. The molecule has 1 aliphatic heterocycles. The number of alkyl halides is 3. The van der Waals surface area contributed by atoms with E-state index < -0.39 is 24.5 Å². The van der Waals surface area contributed by atoms with Gasteiger partial charge in [-0.1, -0.05) is 25.1 Å². The molecule has 122 valence electrons. The SMILES string of the molecule is CC[C@@H]1C[C@@H](C(=O)N(CC(F)(F)F)c2ccccc2)CCO1. The Bertz CT molecular complexity index is 490. The van der Waals surface area contributed by atoms with Crippen LogP contribution < -0.4 is 4.90 Å². The van der Waals surface area contributed by atoms with Crippen LogP contribution in [-0.4, -0.2) is 31.3 Å². The number of hydrogen-bond donors (Lipinski definition) is 0. The lowest BCUT2D eigenvalue weighted by Gasteiger charge is -2.33. The number of hydrogen-bond acceptors (Lipinski definition) is 2. The minimum absolute atomic E-state index is 0.0498. The van der Waals surface area contributed by atoms with E-state index in [0.717, 1.165) is 11.3 Å². The molecule has 1 heterocycles. The van der Waals surface area contributed by atoms with E-state index in [9.17, 15) is 18.0 Å². The number of para-hydroxylation sites is 1. The highest BCUT2D eigenvalue weighted by Crippen LogP contribution is 2.29. The molecule has 0 aromatic heterocycles. The van der Waals surface area contributed by atoms with E-state index in [1.165, 1.54) is 12.1 Å². The second-order valence-corrected chi connectivity index (χ2v) is 5.50. The van der Waals surface area contributed by atoms with Gasteiger partial charge in [-0.2, -0.15) is 13.2 Å². The van der Waals surface area contributed by atoms with Crippen molar-refractivity contribution in [3.05, 3.63) is 30.3 Å². The Balaban J connectivity index is 2.19. The van der Waals surface area contributed by atoms with E-state index in [1.54, 1.807) is 18.2 Å². The third kappa shape index (κ3) is 4.47. The predicted molar refractivity (Wildman–Crippen MR) is 77.6 cm³/mol. The van der Waals surface area contributed by atoms with E-state index in [0.29, 0.717) is 19.4 Å². The van der Waals surface area contributed by atoms with Crippen LogP contribution in [0.3, 0.4) is 0 Å². The molecule has 0 aliphatic carbocycles. The maximum Gasteiger partial charge on any atom is 0.406 e. The molecular formula is C16H20F3NO2. The van der Waals surface area contributed by atoms with Gasteiger partial charge in [0, 0.05) is 18.2 Å². The van der Waals surface area contributed by atoms with Crippen molar-refractivity contribution in [2.45, 2.75) is 38.5 Å². The summed E-state index contributed by atoms with van der Waals surface area (Å²) in [4.78, 5) is 13.5. The molecule has 0 unspecified atom stereocenters. The summed E-state index contributed by atoms with van der Waals surface area (Å²) in [6.45, 7) is 1.11. The topological polar surface area (TPSA) is 29.5 Å². The molecule has 2 atom stereocenters. The number of benzene rings is 1. The molecule has 1 aromatic rings. The quantitative estimate of drug-likeness (QED) is 0.846. The van der Waals surface area contributed by atoms with Gasteiger partial charge < -0.3 is 9.64 Å². The van der Waals surface area contributed by atoms with Gasteiger partial charge in [0.25, 0.3) is 0 Å². The van der Waals surface area contributed by atoms with Crippen LogP contribution in [0.15, 0.2) is 30.3 Å². The Morgan fingerprint density at radius 1 is 1.32 bits per heavy atom. The number of nitrogens with zero attached hydrogens (tertiary/aromatic N) is 1. The van der Waals surface area contributed by atoms with Gasteiger partial charge in [-0.25, -0.2) is 0 Å². The Labute approximate surface area is 128 Å². The monoisotopic (exact) mass is 315 g/mol. The number of rotatable bonds is 4. The van der Waals surface area contributed by atoms with E-state index in [4.69, 9.17) is 4.74 Å². The fourth-order valence-electron chi connectivity index (χ4n) is 2.69. The molecule has 1 aliphatic rings. The average molecular weight is 315 g/mol. The number of halogens is 3. The second-order valence-electron chi connectivity index (χ2n) is 5.50. The first-order valence-electron chi connectivity index (χ1n) is 7.45. The van der Waals surface area contributed by atoms with Gasteiger partial charge in [0.05, 0.1) is 6.10 Å². The first-order chi connectivity index (χ1) is 10.4. The largest absolute Gasteiger partial charge is 0.406 e. The summed E-state index contributed by atoms with van der Waals surface area (Å²) in [5.74, 6) is -0.883. The Hall–Kier alpha value is -1.56. The van der Waals surface area contributed by atoms with Crippen LogP contribution in [-0.2, 0) is 9.53 Å². The molecule has 1 saturated heterocycles. The molecule has 0 bridgehead atoms. The maximum atomic E-state index is 12.8. The summed E-state index contributed by atoms with van der Waals surface area (Å²) in [6, 6.07) is 8.03. The lowest BCUT2D eigenvalue weighted by atomic mass is 9.92. The molecular weight excluding hydrogens is 295 g/mol. The lowest BCUT2D eigenvalue weighted by Crippen LogP contribution is -2.44. The fourth-order valence-corrected chi connectivity index (χ4v) is 2.69. The molecule has 0 radical (unpaired) electrons. The van der Waals surface area contributed by atoms with Crippen molar-refractivity contribution in [2.24, 2.45) is 5.92 Å². The van der Waals surface area contributed by atoms with Crippen molar-refractivity contribution >= 4 is 11.6 Å². The van der Waals surface area contributed by atoms with E-state index in [2.05, 4.69) is 0 Å². The first kappa shape index (κ1) is 16.8. The highest BCUT2D eigenvalue weighted by Gasteiger charge is 2.37. The fraction of sp³-hybridized carbons (Fsp3) is 0.562. The number of anilines is 1. The van der Waals surface area contributed by atoms with Gasteiger partial charge in [0.1, 0.15) is 6.54 Å². The summed E-state index contributed by atoms with van der Waals surface area (Å²) in [7, 11) is 0. The lowest BCUT2D eigenvalue weighted by molar-refractivity contribution is -0.138. The number of amides is 1. The summed E-state index contributed by atoms with van der Waals surface area (Å²) >= 11 is 0. The summed E-state index contributed by atoms with van der Waals surface area (Å²) < 4.78 is 44.0. The Morgan fingerprint density at radius 3 is 2.59 bits per heavy atom. The molecule has 22 heavy (non-hydrogen) atoms. The van der Waals surface area contributed by atoms with Gasteiger partial charge in [0.2, 0.25) is 5.91 Å². The molecule has 3 nitrogen and oxygen atoms in total.